The average Bonchev–Trinajstić information content (AvgIpc) is 3.08. The van der Waals surface area contributed by atoms with Crippen molar-refractivity contribution in [1.82, 2.24) is 4.90 Å². The Labute approximate surface area is 194 Å². The zero-order valence-corrected chi connectivity index (χ0v) is 18.0. The van der Waals surface area contributed by atoms with E-state index in [2.05, 4.69) is 4.74 Å². The second-order valence-electron chi connectivity index (χ2n) is 8.15. The minimum Gasteiger partial charge on any atom is -0.433 e. The molecule has 0 atom stereocenters. The van der Waals surface area contributed by atoms with E-state index >= 15 is 0 Å². The molecule has 172 valence electrons. The molecule has 5 rings (SSSR count). The third kappa shape index (κ3) is 3.81. The normalized spacial score (nSPS) is 14.9. The summed E-state index contributed by atoms with van der Waals surface area (Å²) in [6, 6.07) is 18.3. The second kappa shape index (κ2) is 8.70. The summed E-state index contributed by atoms with van der Waals surface area (Å²) in [5, 5.41) is 0. The third-order valence-electron chi connectivity index (χ3n) is 6.04. The van der Waals surface area contributed by atoms with Crippen LogP contribution < -0.4 is 9.64 Å². The Morgan fingerprint density at radius 2 is 1.71 bits per heavy atom. The standard InChI is InChI=1S/C26H20F2N2O4/c27-26(28)34-21-10-4-8-17-9-5-13-29(22(17)21)23(31)18-11-12-19-20(14-18)25(33)30(24(19)32)15-16-6-2-1-3-7-16/h1-4,6-8,10-12,14,26H,5,9,13,15H2. The van der Waals surface area contributed by atoms with Crippen molar-refractivity contribution in [3.05, 3.63) is 94.5 Å². The van der Waals surface area contributed by atoms with Gasteiger partial charge in [0.2, 0.25) is 0 Å². The average molecular weight is 462 g/mol. The van der Waals surface area contributed by atoms with Crippen molar-refractivity contribution >= 4 is 23.4 Å². The fraction of sp³-hybridized carbons (Fsp3) is 0.192. The minimum atomic E-state index is -3.02. The van der Waals surface area contributed by atoms with Gasteiger partial charge in [0.05, 0.1) is 23.4 Å². The highest BCUT2D eigenvalue weighted by Crippen LogP contribution is 2.38. The predicted octanol–water partition coefficient (Wildman–Crippen LogP) is 4.68. The summed E-state index contributed by atoms with van der Waals surface area (Å²) < 4.78 is 30.6. The molecule has 0 radical (unpaired) electrons. The molecule has 3 amide bonds. The molecule has 0 aromatic heterocycles. The molecule has 0 aliphatic carbocycles. The highest BCUT2D eigenvalue weighted by molar-refractivity contribution is 6.22. The number of ether oxygens (including phenoxy) is 1. The van der Waals surface area contributed by atoms with Crippen molar-refractivity contribution in [1.29, 1.82) is 0 Å². The molecule has 3 aromatic carbocycles. The number of rotatable bonds is 5. The number of alkyl halides is 2. The summed E-state index contributed by atoms with van der Waals surface area (Å²) in [5.74, 6) is -1.41. The molecule has 34 heavy (non-hydrogen) atoms. The molecule has 2 aliphatic rings. The first-order chi connectivity index (χ1) is 16.4. The van der Waals surface area contributed by atoms with Crippen molar-refractivity contribution in [3.63, 3.8) is 0 Å². The van der Waals surface area contributed by atoms with Crippen LogP contribution in [-0.4, -0.2) is 35.8 Å². The van der Waals surface area contributed by atoms with E-state index in [1.54, 1.807) is 12.1 Å². The number of carbonyl (C=O) groups excluding carboxylic acids is 3. The molecular weight excluding hydrogens is 442 g/mol. The van der Waals surface area contributed by atoms with Gasteiger partial charge in [-0.25, -0.2) is 0 Å². The van der Waals surface area contributed by atoms with Gasteiger partial charge in [-0.3, -0.25) is 19.3 Å². The number of hydrogen-bond acceptors (Lipinski definition) is 4. The van der Waals surface area contributed by atoms with E-state index in [0.29, 0.717) is 25.1 Å². The predicted molar refractivity (Wildman–Crippen MR) is 120 cm³/mol. The van der Waals surface area contributed by atoms with Crippen LogP contribution in [0.1, 0.15) is 48.6 Å². The van der Waals surface area contributed by atoms with Gasteiger partial charge in [-0.15, -0.1) is 0 Å². The smallest absolute Gasteiger partial charge is 0.387 e. The highest BCUT2D eigenvalue weighted by atomic mass is 19.3. The molecule has 0 unspecified atom stereocenters. The number of anilines is 1. The lowest BCUT2D eigenvalue weighted by Gasteiger charge is -2.31. The molecule has 0 N–H and O–H groups in total. The maximum atomic E-state index is 13.4. The van der Waals surface area contributed by atoms with Gasteiger partial charge >= 0.3 is 6.61 Å². The van der Waals surface area contributed by atoms with Gasteiger partial charge in [0.25, 0.3) is 17.7 Å². The monoisotopic (exact) mass is 462 g/mol. The molecule has 2 heterocycles. The van der Waals surface area contributed by atoms with Crippen molar-refractivity contribution in [2.75, 3.05) is 11.4 Å². The summed E-state index contributed by atoms with van der Waals surface area (Å²) in [5.41, 5.74) is 2.44. The van der Waals surface area contributed by atoms with E-state index in [9.17, 15) is 23.2 Å². The SMILES string of the molecule is O=C1c2ccc(C(=O)N3CCCc4cccc(OC(F)F)c43)cc2C(=O)N1Cc1ccccc1. The highest BCUT2D eigenvalue weighted by Gasteiger charge is 2.37. The molecule has 0 fully saturated rings. The Hall–Kier alpha value is -4.07. The Morgan fingerprint density at radius 1 is 0.941 bits per heavy atom. The minimum absolute atomic E-state index is 0.0676. The van der Waals surface area contributed by atoms with Crippen LogP contribution in [0.15, 0.2) is 66.7 Å². The van der Waals surface area contributed by atoms with E-state index in [0.717, 1.165) is 16.0 Å². The number of halogens is 2. The van der Waals surface area contributed by atoms with Crippen LogP contribution in [0.4, 0.5) is 14.5 Å². The van der Waals surface area contributed by atoms with Gasteiger partial charge in [-0.05, 0) is 48.2 Å². The third-order valence-corrected chi connectivity index (χ3v) is 6.04. The Kier molecular flexibility index (Phi) is 5.57. The molecule has 0 bridgehead atoms. The number of amides is 3. The molecular formula is C26H20F2N2O4. The number of fused-ring (bicyclic) bond motifs is 2. The fourth-order valence-corrected chi connectivity index (χ4v) is 4.50. The largest absolute Gasteiger partial charge is 0.433 e. The molecule has 8 heteroatoms. The van der Waals surface area contributed by atoms with E-state index in [1.165, 1.54) is 29.2 Å². The first-order valence-corrected chi connectivity index (χ1v) is 10.9. The fourth-order valence-electron chi connectivity index (χ4n) is 4.50. The Bertz CT molecular complexity index is 1290. The number of aryl methyl sites for hydroxylation is 1. The van der Waals surface area contributed by atoms with Gasteiger partial charge < -0.3 is 9.64 Å². The van der Waals surface area contributed by atoms with Gasteiger partial charge in [0.1, 0.15) is 5.75 Å². The van der Waals surface area contributed by atoms with Gasteiger partial charge in [-0.1, -0.05) is 42.5 Å². The van der Waals surface area contributed by atoms with Gasteiger partial charge in [-0.2, -0.15) is 8.78 Å². The number of nitrogens with zero attached hydrogens (tertiary/aromatic N) is 2. The molecule has 2 aliphatic heterocycles. The zero-order chi connectivity index (χ0) is 23.8. The summed E-state index contributed by atoms with van der Waals surface area (Å²) in [4.78, 5) is 41.8. The lowest BCUT2D eigenvalue weighted by molar-refractivity contribution is -0.0496. The molecule has 3 aromatic rings. The van der Waals surface area contributed by atoms with Crippen molar-refractivity contribution in [3.8, 4) is 5.75 Å². The van der Waals surface area contributed by atoms with Crippen molar-refractivity contribution in [2.45, 2.75) is 26.0 Å². The summed E-state index contributed by atoms with van der Waals surface area (Å²) in [7, 11) is 0. The van der Waals surface area contributed by atoms with Crippen LogP contribution in [0.25, 0.3) is 0 Å². The van der Waals surface area contributed by atoms with E-state index in [-0.39, 0.29) is 29.0 Å². The first kappa shape index (κ1) is 21.8. The van der Waals surface area contributed by atoms with Gasteiger partial charge in [0, 0.05) is 12.1 Å². The van der Waals surface area contributed by atoms with Crippen LogP contribution >= 0.6 is 0 Å². The van der Waals surface area contributed by atoms with E-state index in [1.807, 2.05) is 30.3 Å². The number of carbonyl (C=O) groups is 3. The lowest BCUT2D eigenvalue weighted by atomic mass is 9.99. The summed E-state index contributed by atoms with van der Waals surface area (Å²) in [6.45, 7) is -2.58. The summed E-state index contributed by atoms with van der Waals surface area (Å²) in [6.07, 6.45) is 1.29. The molecule has 0 saturated heterocycles. The number of imide groups is 1. The van der Waals surface area contributed by atoms with E-state index in [4.69, 9.17) is 0 Å². The topological polar surface area (TPSA) is 66.9 Å². The lowest BCUT2D eigenvalue weighted by Crippen LogP contribution is -2.36. The van der Waals surface area contributed by atoms with E-state index < -0.39 is 24.3 Å². The quantitative estimate of drug-likeness (QED) is 0.517. The zero-order valence-electron chi connectivity index (χ0n) is 18.0. The maximum absolute atomic E-state index is 13.4. The molecule has 0 spiro atoms. The first-order valence-electron chi connectivity index (χ1n) is 10.9. The van der Waals surface area contributed by atoms with Crippen molar-refractivity contribution in [2.24, 2.45) is 0 Å². The van der Waals surface area contributed by atoms with Crippen LogP contribution in [0, 0.1) is 0 Å². The Balaban J connectivity index is 1.46. The second-order valence-corrected chi connectivity index (χ2v) is 8.15. The summed E-state index contributed by atoms with van der Waals surface area (Å²) >= 11 is 0. The van der Waals surface area contributed by atoms with Crippen LogP contribution in [0.5, 0.6) is 5.75 Å². The van der Waals surface area contributed by atoms with Crippen LogP contribution in [-0.2, 0) is 13.0 Å². The number of benzene rings is 3. The molecule has 0 saturated carbocycles. The van der Waals surface area contributed by atoms with Crippen LogP contribution in [0.3, 0.4) is 0 Å². The number of hydrogen-bond donors (Lipinski definition) is 0. The van der Waals surface area contributed by atoms with Crippen molar-refractivity contribution < 1.29 is 27.9 Å². The van der Waals surface area contributed by atoms with Crippen LogP contribution in [0.2, 0.25) is 0 Å². The maximum Gasteiger partial charge on any atom is 0.387 e. The molecule has 6 nitrogen and oxygen atoms in total. The van der Waals surface area contributed by atoms with Gasteiger partial charge in [0.15, 0.2) is 0 Å². The number of para-hydroxylation sites is 1. The Morgan fingerprint density at radius 3 is 2.47 bits per heavy atom.